The number of Topliss-reactive ketones (excluding diaryl/α,β-unsaturated/α-hetero) is 1. The van der Waals surface area contributed by atoms with Gasteiger partial charge in [-0.05, 0) is 13.8 Å². The predicted octanol–water partition coefficient (Wildman–Crippen LogP) is -0.112. The number of ketones is 1. The van der Waals surface area contributed by atoms with Crippen molar-refractivity contribution in [1.29, 1.82) is 0 Å². The zero-order valence-electron chi connectivity index (χ0n) is 8.82. The van der Waals surface area contributed by atoms with Crippen LogP contribution in [0.2, 0.25) is 0 Å². The molecule has 5 heteroatoms. The molecule has 5 nitrogen and oxygen atoms in total. The van der Waals surface area contributed by atoms with E-state index in [0.29, 0.717) is 0 Å². The second-order valence-corrected chi connectivity index (χ2v) is 2.81. The van der Waals surface area contributed by atoms with Gasteiger partial charge in [-0.2, -0.15) is 0 Å². The van der Waals surface area contributed by atoms with Crippen LogP contribution >= 0.6 is 0 Å². The monoisotopic (exact) mass is 206 g/mol. The molecule has 0 bridgehead atoms. The standard InChI is InChI=1S/C6H10O3.C3H8O2/c1-5(7)3-4-6(8)9-2;1-3(5)2-4/h3-4H2,1-2H3;3-5H,2H2,1H3. The summed E-state index contributed by atoms with van der Waals surface area (Å²) in [6.07, 6.45) is -0.0756. The second kappa shape index (κ2) is 10.1. The Morgan fingerprint density at radius 2 is 1.79 bits per heavy atom. The molecule has 0 saturated carbocycles. The zero-order chi connectivity index (χ0) is 11.6. The fourth-order valence-electron chi connectivity index (χ4n) is 0.380. The highest BCUT2D eigenvalue weighted by Crippen LogP contribution is 1.91. The first-order valence-corrected chi connectivity index (χ1v) is 4.29. The van der Waals surface area contributed by atoms with Crippen molar-refractivity contribution in [3.05, 3.63) is 0 Å². The molecule has 0 spiro atoms. The molecule has 0 fully saturated rings. The van der Waals surface area contributed by atoms with Crippen LogP contribution in [-0.4, -0.2) is 41.8 Å². The van der Waals surface area contributed by atoms with Crippen molar-refractivity contribution in [1.82, 2.24) is 0 Å². The number of ether oxygens (including phenoxy) is 1. The van der Waals surface area contributed by atoms with Crippen LogP contribution in [0, 0.1) is 0 Å². The molecule has 2 N–H and O–H groups in total. The number of hydrogen-bond acceptors (Lipinski definition) is 5. The molecule has 0 aliphatic heterocycles. The van der Waals surface area contributed by atoms with E-state index in [1.165, 1.54) is 21.0 Å². The van der Waals surface area contributed by atoms with Gasteiger partial charge in [-0.25, -0.2) is 0 Å². The molecular weight excluding hydrogens is 188 g/mol. The molecule has 14 heavy (non-hydrogen) atoms. The van der Waals surface area contributed by atoms with Gasteiger partial charge in [0, 0.05) is 6.42 Å². The van der Waals surface area contributed by atoms with Crippen molar-refractivity contribution >= 4 is 11.8 Å². The summed E-state index contributed by atoms with van der Waals surface area (Å²) < 4.78 is 4.31. The van der Waals surface area contributed by atoms with E-state index < -0.39 is 6.10 Å². The minimum atomic E-state index is -0.560. The summed E-state index contributed by atoms with van der Waals surface area (Å²) in [6, 6.07) is 0. The molecular formula is C9H18O5. The van der Waals surface area contributed by atoms with Crippen molar-refractivity contribution in [2.75, 3.05) is 13.7 Å². The molecule has 0 rings (SSSR count). The molecule has 0 amide bonds. The lowest BCUT2D eigenvalue weighted by Gasteiger charge is -1.93. The van der Waals surface area contributed by atoms with Crippen LogP contribution in [0.1, 0.15) is 26.7 Å². The minimum absolute atomic E-state index is 0.0143. The van der Waals surface area contributed by atoms with Gasteiger partial charge in [-0.3, -0.25) is 4.79 Å². The van der Waals surface area contributed by atoms with Gasteiger partial charge in [0.1, 0.15) is 5.78 Å². The third kappa shape index (κ3) is 17.2. The Balaban J connectivity index is 0. The first-order chi connectivity index (χ1) is 6.43. The first kappa shape index (κ1) is 15.5. The number of aliphatic hydroxyl groups excluding tert-OH is 2. The third-order valence-electron chi connectivity index (χ3n) is 1.17. The molecule has 0 aromatic carbocycles. The molecule has 84 valence electrons. The fraction of sp³-hybridized carbons (Fsp3) is 0.778. The highest BCUT2D eigenvalue weighted by Gasteiger charge is 2.00. The maximum Gasteiger partial charge on any atom is 0.305 e. The molecule has 0 heterocycles. The number of aliphatic hydroxyl groups is 2. The Bertz CT molecular complexity index is 165. The van der Waals surface area contributed by atoms with E-state index in [2.05, 4.69) is 4.74 Å². The Labute approximate surface area is 83.7 Å². The summed E-state index contributed by atoms with van der Waals surface area (Å²) in [5.41, 5.74) is 0. The summed E-state index contributed by atoms with van der Waals surface area (Å²) in [5, 5.41) is 16.0. The first-order valence-electron chi connectivity index (χ1n) is 4.29. The van der Waals surface area contributed by atoms with Gasteiger partial charge in [-0.15, -0.1) is 0 Å². The fourth-order valence-corrected chi connectivity index (χ4v) is 0.380. The zero-order valence-corrected chi connectivity index (χ0v) is 8.82. The third-order valence-corrected chi connectivity index (χ3v) is 1.17. The number of rotatable bonds is 4. The molecule has 0 radical (unpaired) electrons. The molecule has 1 atom stereocenters. The lowest BCUT2D eigenvalue weighted by Crippen LogP contribution is -2.03. The van der Waals surface area contributed by atoms with E-state index in [-0.39, 0.29) is 31.2 Å². The van der Waals surface area contributed by atoms with Gasteiger partial charge in [0.05, 0.1) is 26.2 Å². The van der Waals surface area contributed by atoms with Crippen LogP contribution in [-0.2, 0) is 14.3 Å². The van der Waals surface area contributed by atoms with Crippen molar-refractivity contribution in [2.24, 2.45) is 0 Å². The SMILES string of the molecule is CC(O)CO.COC(=O)CCC(C)=O. The van der Waals surface area contributed by atoms with E-state index in [4.69, 9.17) is 10.2 Å². The van der Waals surface area contributed by atoms with Gasteiger partial charge in [0.15, 0.2) is 0 Å². The Hall–Kier alpha value is -0.940. The maximum absolute atomic E-state index is 10.3. The molecule has 0 saturated heterocycles. The van der Waals surface area contributed by atoms with Gasteiger partial charge in [-0.1, -0.05) is 0 Å². The highest BCUT2D eigenvalue weighted by molar-refractivity contribution is 5.80. The molecule has 0 aromatic heterocycles. The van der Waals surface area contributed by atoms with Crippen molar-refractivity contribution in [3.63, 3.8) is 0 Å². The molecule has 0 aromatic rings. The summed E-state index contributed by atoms with van der Waals surface area (Å²) >= 11 is 0. The lowest BCUT2D eigenvalue weighted by atomic mass is 10.2. The lowest BCUT2D eigenvalue weighted by molar-refractivity contribution is -0.141. The molecule has 1 unspecified atom stereocenters. The Morgan fingerprint density at radius 1 is 1.36 bits per heavy atom. The number of esters is 1. The van der Waals surface area contributed by atoms with Gasteiger partial charge >= 0.3 is 5.97 Å². The van der Waals surface area contributed by atoms with Crippen LogP contribution in [0.5, 0.6) is 0 Å². The van der Waals surface area contributed by atoms with Crippen LogP contribution < -0.4 is 0 Å². The smallest absolute Gasteiger partial charge is 0.305 e. The van der Waals surface area contributed by atoms with Crippen LogP contribution in [0.15, 0.2) is 0 Å². The van der Waals surface area contributed by atoms with E-state index in [1.807, 2.05) is 0 Å². The van der Waals surface area contributed by atoms with Crippen molar-refractivity contribution < 1.29 is 24.5 Å². The average Bonchev–Trinajstić information content (AvgIpc) is 2.14. The van der Waals surface area contributed by atoms with E-state index in [9.17, 15) is 9.59 Å². The van der Waals surface area contributed by atoms with Gasteiger partial charge in [0.2, 0.25) is 0 Å². The summed E-state index contributed by atoms with van der Waals surface area (Å²) in [7, 11) is 1.31. The minimum Gasteiger partial charge on any atom is -0.469 e. The Morgan fingerprint density at radius 3 is 2.00 bits per heavy atom. The maximum atomic E-state index is 10.3. The summed E-state index contributed by atoms with van der Waals surface area (Å²) in [5.74, 6) is -0.314. The predicted molar refractivity (Wildman–Crippen MR) is 50.7 cm³/mol. The van der Waals surface area contributed by atoms with E-state index >= 15 is 0 Å². The van der Waals surface area contributed by atoms with Crippen molar-refractivity contribution in [3.8, 4) is 0 Å². The summed E-state index contributed by atoms with van der Waals surface area (Å²) in [4.78, 5) is 20.6. The normalized spacial score (nSPS) is 10.9. The highest BCUT2D eigenvalue weighted by atomic mass is 16.5. The quantitative estimate of drug-likeness (QED) is 0.627. The van der Waals surface area contributed by atoms with E-state index in [0.717, 1.165) is 0 Å². The van der Waals surface area contributed by atoms with Crippen molar-refractivity contribution in [2.45, 2.75) is 32.8 Å². The van der Waals surface area contributed by atoms with Gasteiger partial charge < -0.3 is 19.7 Å². The number of carbonyl (C=O) groups excluding carboxylic acids is 2. The van der Waals surface area contributed by atoms with E-state index in [1.54, 1.807) is 0 Å². The largest absolute Gasteiger partial charge is 0.469 e. The number of carbonyl (C=O) groups is 2. The van der Waals surface area contributed by atoms with Crippen LogP contribution in [0.25, 0.3) is 0 Å². The number of methoxy groups -OCH3 is 1. The molecule has 0 aliphatic carbocycles. The van der Waals surface area contributed by atoms with Crippen LogP contribution in [0.3, 0.4) is 0 Å². The average molecular weight is 206 g/mol. The van der Waals surface area contributed by atoms with Crippen LogP contribution in [0.4, 0.5) is 0 Å². The topological polar surface area (TPSA) is 83.8 Å². The van der Waals surface area contributed by atoms with Gasteiger partial charge in [0.25, 0.3) is 0 Å². The number of hydrogen-bond donors (Lipinski definition) is 2. The molecule has 0 aliphatic rings. The Kier molecular flexibility index (Phi) is 11.3. The summed E-state index contributed by atoms with van der Waals surface area (Å²) in [6.45, 7) is 2.84. The second-order valence-electron chi connectivity index (χ2n) is 2.81.